The third-order valence-electron chi connectivity index (χ3n) is 2.94. The first kappa shape index (κ1) is 11.6. The summed E-state index contributed by atoms with van der Waals surface area (Å²) in [5.41, 5.74) is 7.48. The Balaban J connectivity index is 1.77. The van der Waals surface area contributed by atoms with Crippen LogP contribution in [-0.2, 0) is 11.2 Å². The maximum absolute atomic E-state index is 6.15. The number of ether oxygens (including phenoxy) is 1. The molecule has 16 heavy (non-hydrogen) atoms. The van der Waals surface area contributed by atoms with E-state index in [1.165, 1.54) is 5.56 Å². The van der Waals surface area contributed by atoms with Crippen LogP contribution in [0.2, 0.25) is 0 Å². The van der Waals surface area contributed by atoms with Crippen LogP contribution in [0, 0.1) is 0 Å². The van der Waals surface area contributed by atoms with Gasteiger partial charge in [-0.15, -0.1) is 0 Å². The van der Waals surface area contributed by atoms with Gasteiger partial charge in [0.2, 0.25) is 0 Å². The summed E-state index contributed by atoms with van der Waals surface area (Å²) >= 11 is 0. The highest BCUT2D eigenvalue weighted by Gasteiger charge is 2.13. The zero-order valence-corrected chi connectivity index (χ0v) is 9.64. The Morgan fingerprint density at radius 3 is 2.56 bits per heavy atom. The van der Waals surface area contributed by atoms with Crippen molar-refractivity contribution in [2.45, 2.75) is 12.5 Å². The molecule has 1 aromatic carbocycles. The smallest absolute Gasteiger partial charge is 0.0594 e. The van der Waals surface area contributed by atoms with E-state index in [0.29, 0.717) is 0 Å². The lowest BCUT2D eigenvalue weighted by Gasteiger charge is -2.29. The number of nitrogens with zero attached hydrogens (tertiary/aromatic N) is 1. The molecule has 2 N–H and O–H groups in total. The predicted octanol–water partition coefficient (Wildman–Crippen LogP) is 0.889. The lowest BCUT2D eigenvalue weighted by Crippen LogP contribution is -2.44. The number of hydrogen-bond acceptors (Lipinski definition) is 3. The Labute approximate surface area is 97.2 Å². The molecule has 1 aromatic rings. The zero-order valence-electron chi connectivity index (χ0n) is 9.64. The highest BCUT2D eigenvalue weighted by molar-refractivity contribution is 5.15. The van der Waals surface area contributed by atoms with Crippen molar-refractivity contribution < 1.29 is 4.74 Å². The standard InChI is InChI=1S/C13H20N2O/c14-13(10-12-4-2-1-3-5-12)11-15-6-8-16-9-7-15/h1-5,13H,6-11,14H2/t13-/m1/s1. The minimum Gasteiger partial charge on any atom is -0.379 e. The first-order valence-corrected chi connectivity index (χ1v) is 5.94. The van der Waals surface area contributed by atoms with Gasteiger partial charge in [0.15, 0.2) is 0 Å². The van der Waals surface area contributed by atoms with Crippen LogP contribution < -0.4 is 5.73 Å². The SMILES string of the molecule is N[C@H](Cc1ccccc1)CN1CCOCC1. The minimum absolute atomic E-state index is 0.223. The van der Waals surface area contributed by atoms with Gasteiger partial charge in [0.1, 0.15) is 0 Å². The highest BCUT2D eigenvalue weighted by atomic mass is 16.5. The Bertz CT molecular complexity index is 296. The highest BCUT2D eigenvalue weighted by Crippen LogP contribution is 2.04. The summed E-state index contributed by atoms with van der Waals surface area (Å²) < 4.78 is 5.32. The first-order valence-electron chi connectivity index (χ1n) is 5.94. The molecule has 0 aliphatic carbocycles. The van der Waals surface area contributed by atoms with Crippen LogP contribution in [-0.4, -0.2) is 43.8 Å². The third kappa shape index (κ3) is 3.59. The summed E-state index contributed by atoms with van der Waals surface area (Å²) in [7, 11) is 0. The number of hydrogen-bond donors (Lipinski definition) is 1. The summed E-state index contributed by atoms with van der Waals surface area (Å²) in [6.45, 7) is 4.69. The van der Waals surface area contributed by atoms with Crippen molar-refractivity contribution in [2.75, 3.05) is 32.8 Å². The van der Waals surface area contributed by atoms with Gasteiger partial charge in [-0.25, -0.2) is 0 Å². The van der Waals surface area contributed by atoms with Gasteiger partial charge in [-0.2, -0.15) is 0 Å². The molecule has 1 heterocycles. The summed E-state index contributed by atoms with van der Waals surface area (Å²) in [5, 5.41) is 0. The van der Waals surface area contributed by atoms with Crippen molar-refractivity contribution in [2.24, 2.45) is 5.73 Å². The van der Waals surface area contributed by atoms with Gasteiger partial charge in [-0.3, -0.25) is 4.90 Å². The molecule has 1 saturated heterocycles. The van der Waals surface area contributed by atoms with Crippen LogP contribution in [0.5, 0.6) is 0 Å². The molecule has 0 aromatic heterocycles. The number of morpholine rings is 1. The molecule has 1 aliphatic heterocycles. The second-order valence-corrected chi connectivity index (χ2v) is 4.36. The van der Waals surface area contributed by atoms with Gasteiger partial charge in [0.05, 0.1) is 13.2 Å². The van der Waals surface area contributed by atoms with Gasteiger partial charge in [0.25, 0.3) is 0 Å². The van der Waals surface area contributed by atoms with Crippen LogP contribution in [0.1, 0.15) is 5.56 Å². The average molecular weight is 220 g/mol. The maximum Gasteiger partial charge on any atom is 0.0594 e. The van der Waals surface area contributed by atoms with Crippen molar-refractivity contribution in [3.05, 3.63) is 35.9 Å². The second-order valence-electron chi connectivity index (χ2n) is 4.36. The van der Waals surface area contributed by atoms with Gasteiger partial charge < -0.3 is 10.5 Å². The van der Waals surface area contributed by atoms with E-state index in [1.807, 2.05) is 6.07 Å². The fourth-order valence-corrected chi connectivity index (χ4v) is 2.10. The molecule has 88 valence electrons. The Hall–Kier alpha value is -0.900. The molecular weight excluding hydrogens is 200 g/mol. The van der Waals surface area contributed by atoms with E-state index in [4.69, 9.17) is 10.5 Å². The molecule has 1 fully saturated rings. The zero-order chi connectivity index (χ0) is 11.2. The van der Waals surface area contributed by atoms with E-state index in [9.17, 15) is 0 Å². The molecule has 0 unspecified atom stereocenters. The van der Waals surface area contributed by atoms with Crippen LogP contribution in [0.4, 0.5) is 0 Å². The van der Waals surface area contributed by atoms with Crippen molar-refractivity contribution in [1.29, 1.82) is 0 Å². The summed E-state index contributed by atoms with van der Waals surface area (Å²) in [6.07, 6.45) is 0.957. The monoisotopic (exact) mass is 220 g/mol. The molecule has 3 heteroatoms. The van der Waals surface area contributed by atoms with Gasteiger partial charge in [-0.05, 0) is 12.0 Å². The van der Waals surface area contributed by atoms with Crippen LogP contribution in [0.15, 0.2) is 30.3 Å². The molecule has 0 bridgehead atoms. The lowest BCUT2D eigenvalue weighted by molar-refractivity contribution is 0.0353. The quantitative estimate of drug-likeness (QED) is 0.819. The van der Waals surface area contributed by atoms with E-state index in [0.717, 1.165) is 39.3 Å². The molecule has 0 spiro atoms. The molecule has 1 atom stereocenters. The Morgan fingerprint density at radius 2 is 1.88 bits per heavy atom. The molecular formula is C13H20N2O. The van der Waals surface area contributed by atoms with Gasteiger partial charge >= 0.3 is 0 Å². The summed E-state index contributed by atoms with van der Waals surface area (Å²) in [6, 6.07) is 10.7. The van der Waals surface area contributed by atoms with E-state index >= 15 is 0 Å². The van der Waals surface area contributed by atoms with Crippen molar-refractivity contribution >= 4 is 0 Å². The maximum atomic E-state index is 6.15. The Morgan fingerprint density at radius 1 is 1.19 bits per heavy atom. The number of benzene rings is 1. The second kappa shape index (κ2) is 5.99. The van der Waals surface area contributed by atoms with E-state index < -0.39 is 0 Å². The molecule has 0 radical (unpaired) electrons. The number of rotatable bonds is 4. The number of nitrogens with two attached hydrogens (primary N) is 1. The Kier molecular flexibility index (Phi) is 4.34. The van der Waals surface area contributed by atoms with Crippen LogP contribution >= 0.6 is 0 Å². The van der Waals surface area contributed by atoms with Gasteiger partial charge in [-0.1, -0.05) is 30.3 Å². The molecule has 3 nitrogen and oxygen atoms in total. The van der Waals surface area contributed by atoms with Crippen molar-refractivity contribution in [3.63, 3.8) is 0 Å². The summed E-state index contributed by atoms with van der Waals surface area (Å²) in [5.74, 6) is 0. The van der Waals surface area contributed by atoms with Gasteiger partial charge in [0, 0.05) is 25.7 Å². The first-order chi connectivity index (χ1) is 7.84. The predicted molar refractivity (Wildman–Crippen MR) is 65.4 cm³/mol. The normalized spacial score (nSPS) is 19.6. The third-order valence-corrected chi connectivity index (χ3v) is 2.94. The molecule has 0 amide bonds. The molecule has 0 saturated carbocycles. The largest absolute Gasteiger partial charge is 0.379 e. The van der Waals surface area contributed by atoms with Crippen molar-refractivity contribution in [3.8, 4) is 0 Å². The molecule has 1 aliphatic rings. The van der Waals surface area contributed by atoms with Crippen molar-refractivity contribution in [1.82, 2.24) is 4.90 Å². The van der Waals surface area contributed by atoms with Crippen LogP contribution in [0.25, 0.3) is 0 Å². The fourth-order valence-electron chi connectivity index (χ4n) is 2.10. The average Bonchev–Trinajstić information content (AvgIpc) is 2.31. The summed E-state index contributed by atoms with van der Waals surface area (Å²) in [4.78, 5) is 2.39. The van der Waals surface area contributed by atoms with E-state index in [-0.39, 0.29) is 6.04 Å². The topological polar surface area (TPSA) is 38.5 Å². The van der Waals surface area contributed by atoms with Crippen LogP contribution in [0.3, 0.4) is 0 Å². The van der Waals surface area contributed by atoms with E-state index in [2.05, 4.69) is 29.2 Å². The molecule has 2 rings (SSSR count). The van der Waals surface area contributed by atoms with E-state index in [1.54, 1.807) is 0 Å². The lowest BCUT2D eigenvalue weighted by atomic mass is 10.1. The fraction of sp³-hybridized carbons (Fsp3) is 0.538. The minimum atomic E-state index is 0.223.